The molecular weight excluding hydrogens is 626 g/mol. The number of methoxy groups -OCH3 is 1. The number of carbonyl (C=O) groups excluding carboxylic acids is 5. The molecule has 5 atom stereocenters. The molecule has 3 rings (SSSR count). The number of nitro benzene ring substituents is 1. The van der Waals surface area contributed by atoms with Gasteiger partial charge in [0.15, 0.2) is 18.3 Å². The van der Waals surface area contributed by atoms with E-state index in [0.717, 1.165) is 40.0 Å². The second kappa shape index (κ2) is 16.5. The first-order chi connectivity index (χ1) is 22.3. The number of terminal acetylenes is 1. The number of hydrogen-bond donors (Lipinski definition) is 0. The molecule has 1 fully saturated rings. The maximum atomic E-state index is 12.8. The minimum absolute atomic E-state index is 0.0104. The van der Waals surface area contributed by atoms with Crippen molar-refractivity contribution in [3.05, 3.63) is 58.1 Å². The summed E-state index contributed by atoms with van der Waals surface area (Å²) >= 11 is 0. The molecule has 47 heavy (non-hydrogen) atoms. The van der Waals surface area contributed by atoms with Gasteiger partial charge in [-0.05, 0) is 24.3 Å². The highest BCUT2D eigenvalue weighted by molar-refractivity contribution is 5.75. The van der Waals surface area contributed by atoms with Crippen molar-refractivity contribution in [2.75, 3.05) is 13.7 Å². The van der Waals surface area contributed by atoms with Gasteiger partial charge in [0, 0.05) is 51.0 Å². The molecule has 2 aromatic carbocycles. The van der Waals surface area contributed by atoms with E-state index in [0.29, 0.717) is 5.56 Å². The van der Waals surface area contributed by atoms with E-state index in [1.54, 1.807) is 0 Å². The lowest BCUT2D eigenvalue weighted by molar-refractivity contribution is -0.384. The topological polar surface area (TPSA) is 202 Å². The Labute approximate surface area is 268 Å². The SMILES string of the molecule is C#CCOc1cc(O[C@@H]2C[C@H](C(=O)OC)[C@@H](OC(C)=O)[C@H](OC(C)=O)[C@H]2OC(C)=O)ccc1COC(=O)Oc1ccc([N+](=O)[O-])cc1. The van der Waals surface area contributed by atoms with Crippen LogP contribution in [0.15, 0.2) is 42.5 Å². The van der Waals surface area contributed by atoms with E-state index in [2.05, 4.69) is 5.92 Å². The van der Waals surface area contributed by atoms with Gasteiger partial charge in [0.25, 0.3) is 5.69 Å². The molecule has 0 heterocycles. The molecule has 0 radical (unpaired) electrons. The molecule has 0 amide bonds. The monoisotopic (exact) mass is 657 g/mol. The molecule has 16 heteroatoms. The molecule has 1 aliphatic carbocycles. The average Bonchev–Trinajstić information content (AvgIpc) is 3.01. The van der Waals surface area contributed by atoms with Gasteiger partial charge in [-0.2, -0.15) is 0 Å². The van der Waals surface area contributed by atoms with E-state index in [9.17, 15) is 34.1 Å². The second-order valence-electron chi connectivity index (χ2n) is 9.90. The molecule has 0 N–H and O–H groups in total. The largest absolute Gasteiger partial charge is 0.514 e. The number of ether oxygens (including phenoxy) is 8. The lowest BCUT2D eigenvalue weighted by Crippen LogP contribution is -2.61. The van der Waals surface area contributed by atoms with E-state index in [-0.39, 0.29) is 42.6 Å². The first-order valence-electron chi connectivity index (χ1n) is 13.9. The molecule has 0 saturated heterocycles. The Morgan fingerprint density at radius 2 is 1.49 bits per heavy atom. The highest BCUT2D eigenvalue weighted by Gasteiger charge is 2.54. The summed E-state index contributed by atoms with van der Waals surface area (Å²) in [5, 5.41) is 10.8. The molecule has 0 aliphatic heterocycles. The number of nitrogens with zero attached hydrogens (tertiary/aromatic N) is 1. The van der Waals surface area contributed by atoms with E-state index in [4.69, 9.17) is 44.3 Å². The van der Waals surface area contributed by atoms with Crippen LogP contribution in [0.1, 0.15) is 32.8 Å². The van der Waals surface area contributed by atoms with Crippen molar-refractivity contribution in [1.29, 1.82) is 0 Å². The second-order valence-corrected chi connectivity index (χ2v) is 9.90. The Morgan fingerprint density at radius 1 is 0.894 bits per heavy atom. The summed E-state index contributed by atoms with van der Waals surface area (Å²) in [5.41, 5.74) is 0.135. The van der Waals surface area contributed by atoms with E-state index >= 15 is 0 Å². The number of rotatable bonds is 12. The van der Waals surface area contributed by atoms with Crippen LogP contribution in [0.4, 0.5) is 10.5 Å². The Balaban J connectivity index is 1.87. The van der Waals surface area contributed by atoms with Gasteiger partial charge >= 0.3 is 30.0 Å². The molecule has 1 saturated carbocycles. The van der Waals surface area contributed by atoms with Crippen molar-refractivity contribution in [3.8, 4) is 29.6 Å². The summed E-state index contributed by atoms with van der Waals surface area (Å²) in [4.78, 5) is 71.4. The fraction of sp³-hybridized carbons (Fsp3) is 0.387. The lowest BCUT2D eigenvalue weighted by atomic mass is 9.80. The molecular formula is C31H31NO15. The quantitative estimate of drug-likeness (QED) is 0.0804. The van der Waals surface area contributed by atoms with Crippen LogP contribution in [-0.4, -0.2) is 73.1 Å². The highest BCUT2D eigenvalue weighted by atomic mass is 16.7. The average molecular weight is 658 g/mol. The predicted molar refractivity (Wildman–Crippen MR) is 156 cm³/mol. The van der Waals surface area contributed by atoms with E-state index in [1.807, 2.05) is 0 Å². The van der Waals surface area contributed by atoms with E-state index in [1.165, 1.54) is 30.3 Å². The van der Waals surface area contributed by atoms with Crippen molar-refractivity contribution in [3.63, 3.8) is 0 Å². The lowest BCUT2D eigenvalue weighted by Gasteiger charge is -2.43. The van der Waals surface area contributed by atoms with Crippen LogP contribution < -0.4 is 14.2 Å². The fourth-order valence-corrected chi connectivity index (χ4v) is 4.70. The number of hydrogen-bond acceptors (Lipinski definition) is 15. The van der Waals surface area contributed by atoms with Crippen molar-refractivity contribution in [2.45, 2.75) is 58.2 Å². The molecule has 0 bridgehead atoms. The minimum atomic E-state index is -1.45. The standard InChI is InChI=1S/C31H31NO15/c1-6-13-41-25-14-23(10-7-20(25)16-42-31(37)47-22-11-8-21(9-12-22)32(38)39)46-26-15-24(30(36)40-5)27(43-17(2)33)29(45-19(4)35)28(26)44-18(3)34/h1,7-12,14,24,26-29H,13,15-16H2,2-5H3/t24-,26+,27+,28-,29-/m0/s1. The third kappa shape index (κ3) is 10.1. The van der Waals surface area contributed by atoms with Gasteiger partial charge in [0.2, 0.25) is 0 Å². The van der Waals surface area contributed by atoms with Gasteiger partial charge in [-0.15, -0.1) is 6.42 Å². The van der Waals surface area contributed by atoms with Crippen molar-refractivity contribution < 1.29 is 66.8 Å². The first-order valence-corrected chi connectivity index (χ1v) is 13.9. The van der Waals surface area contributed by atoms with Crippen LogP contribution in [0.2, 0.25) is 0 Å². The van der Waals surface area contributed by atoms with Crippen molar-refractivity contribution in [1.82, 2.24) is 0 Å². The van der Waals surface area contributed by atoms with Crippen LogP contribution >= 0.6 is 0 Å². The van der Waals surface area contributed by atoms with Crippen LogP contribution in [0.3, 0.4) is 0 Å². The van der Waals surface area contributed by atoms with Gasteiger partial charge in [0.1, 0.15) is 42.5 Å². The molecule has 0 unspecified atom stereocenters. The van der Waals surface area contributed by atoms with Gasteiger partial charge in [0.05, 0.1) is 12.0 Å². The van der Waals surface area contributed by atoms with Gasteiger partial charge in [-0.25, -0.2) is 4.79 Å². The number of non-ortho nitro benzene ring substituents is 1. The summed E-state index contributed by atoms with van der Waals surface area (Å²) in [6.45, 7) is 2.76. The van der Waals surface area contributed by atoms with Crippen molar-refractivity contribution >= 4 is 35.7 Å². The summed E-state index contributed by atoms with van der Waals surface area (Å²) in [6, 6.07) is 9.11. The number of esters is 4. The molecule has 0 aromatic heterocycles. The van der Waals surface area contributed by atoms with E-state index < -0.39 is 65.3 Å². The number of carbonyl (C=O) groups is 5. The smallest absolute Gasteiger partial charge is 0.486 e. The third-order valence-corrected chi connectivity index (χ3v) is 6.54. The van der Waals surface area contributed by atoms with Crippen LogP contribution in [0.5, 0.6) is 17.2 Å². The Hall–Kier alpha value is -5.85. The molecule has 2 aromatic rings. The summed E-state index contributed by atoms with van der Waals surface area (Å²) < 4.78 is 43.1. The summed E-state index contributed by atoms with van der Waals surface area (Å²) in [6.07, 6.45) is -1.25. The molecule has 16 nitrogen and oxygen atoms in total. The summed E-state index contributed by atoms with van der Waals surface area (Å²) in [5.74, 6) is -1.78. The zero-order valence-electron chi connectivity index (χ0n) is 25.7. The molecule has 250 valence electrons. The number of nitro groups is 1. The number of benzene rings is 2. The Bertz CT molecular complexity index is 1530. The zero-order chi connectivity index (χ0) is 34.7. The maximum absolute atomic E-state index is 12.8. The Kier molecular flexibility index (Phi) is 12.5. The minimum Gasteiger partial charge on any atom is -0.486 e. The normalized spacial score (nSPS) is 19.9. The zero-order valence-corrected chi connectivity index (χ0v) is 25.7. The van der Waals surface area contributed by atoms with Crippen molar-refractivity contribution in [2.24, 2.45) is 5.92 Å². The fourth-order valence-electron chi connectivity index (χ4n) is 4.70. The van der Waals surface area contributed by atoms with Gasteiger partial charge < -0.3 is 37.9 Å². The van der Waals surface area contributed by atoms with Gasteiger partial charge in [-0.3, -0.25) is 29.3 Å². The van der Waals surface area contributed by atoms with Crippen LogP contribution in [0.25, 0.3) is 0 Å². The maximum Gasteiger partial charge on any atom is 0.514 e. The highest BCUT2D eigenvalue weighted by Crippen LogP contribution is 2.36. The van der Waals surface area contributed by atoms with Gasteiger partial charge in [-0.1, -0.05) is 5.92 Å². The Morgan fingerprint density at radius 3 is 2.06 bits per heavy atom. The summed E-state index contributed by atoms with van der Waals surface area (Å²) in [7, 11) is 1.12. The molecule has 1 aliphatic rings. The predicted octanol–water partition coefficient (Wildman–Crippen LogP) is 3.06. The van der Waals surface area contributed by atoms with Crippen LogP contribution in [0, 0.1) is 28.4 Å². The molecule has 0 spiro atoms. The van der Waals surface area contributed by atoms with Crippen LogP contribution in [-0.2, 0) is 49.5 Å². The first kappa shape index (κ1) is 35.6. The third-order valence-electron chi connectivity index (χ3n) is 6.54.